The van der Waals surface area contributed by atoms with E-state index in [0.717, 1.165) is 19.4 Å². The molecule has 0 atom stereocenters. The van der Waals surface area contributed by atoms with Gasteiger partial charge in [-0.1, -0.05) is 69.7 Å². The van der Waals surface area contributed by atoms with Gasteiger partial charge in [-0.2, -0.15) is 0 Å². The lowest BCUT2D eigenvalue weighted by Gasteiger charge is -1.96. The van der Waals surface area contributed by atoms with Gasteiger partial charge in [0.15, 0.2) is 0 Å². The smallest absolute Gasteiger partial charge is 0.0465 e. The van der Waals surface area contributed by atoms with Gasteiger partial charge in [0.2, 0.25) is 0 Å². The van der Waals surface area contributed by atoms with E-state index in [9.17, 15) is 0 Å². The summed E-state index contributed by atoms with van der Waals surface area (Å²) in [5, 5.41) is 0. The molecular formula is C17H30O. The number of methoxy groups -OCH3 is 1. The topological polar surface area (TPSA) is 9.23 Å². The molecule has 0 bridgehead atoms. The van der Waals surface area contributed by atoms with Crippen LogP contribution in [-0.2, 0) is 4.74 Å². The van der Waals surface area contributed by atoms with Crippen molar-refractivity contribution >= 4 is 6.08 Å². The van der Waals surface area contributed by atoms with E-state index in [4.69, 9.17) is 4.74 Å². The van der Waals surface area contributed by atoms with E-state index in [0.29, 0.717) is 0 Å². The Morgan fingerprint density at radius 1 is 1.11 bits per heavy atom. The fourth-order valence-corrected chi connectivity index (χ4v) is 1.34. The van der Waals surface area contributed by atoms with Crippen LogP contribution in [0, 0.1) is 6.92 Å². The van der Waals surface area contributed by atoms with Crippen LogP contribution in [0.15, 0.2) is 30.3 Å². The second-order valence-electron chi connectivity index (χ2n) is 3.45. The van der Waals surface area contributed by atoms with Crippen molar-refractivity contribution in [3.63, 3.8) is 0 Å². The average molecular weight is 250 g/mol. The van der Waals surface area contributed by atoms with Gasteiger partial charge >= 0.3 is 0 Å². The number of rotatable bonds is 5. The zero-order chi connectivity index (χ0) is 14.2. The highest BCUT2D eigenvalue weighted by atomic mass is 16.5. The molecule has 0 unspecified atom stereocenters. The van der Waals surface area contributed by atoms with Crippen LogP contribution >= 0.6 is 0 Å². The Morgan fingerprint density at radius 3 is 2.33 bits per heavy atom. The highest BCUT2D eigenvalue weighted by Crippen LogP contribution is 2.06. The molecule has 0 N–H and O–H groups in total. The largest absolute Gasteiger partial charge is 0.385 e. The molecule has 1 aromatic carbocycles. The molecule has 1 nitrogen and oxygen atoms in total. The van der Waals surface area contributed by atoms with Crippen molar-refractivity contribution in [2.24, 2.45) is 0 Å². The Morgan fingerprint density at radius 2 is 1.78 bits per heavy atom. The van der Waals surface area contributed by atoms with E-state index in [2.05, 4.69) is 43.3 Å². The summed E-state index contributed by atoms with van der Waals surface area (Å²) in [6, 6.07) is 8.51. The van der Waals surface area contributed by atoms with Gasteiger partial charge in [0, 0.05) is 13.7 Å². The molecule has 0 aromatic heterocycles. The molecule has 0 saturated heterocycles. The third kappa shape index (κ3) is 11.4. The van der Waals surface area contributed by atoms with Crippen LogP contribution < -0.4 is 0 Å². The maximum absolute atomic E-state index is 4.98. The lowest BCUT2D eigenvalue weighted by Crippen LogP contribution is -1.85. The SMILES string of the molecule is CC.CC.COCCC/C=C/c1cccc(C)c1. The van der Waals surface area contributed by atoms with Gasteiger partial charge < -0.3 is 4.74 Å². The number of aryl methyl sites for hydroxylation is 1. The molecule has 0 aliphatic carbocycles. The Hall–Kier alpha value is -1.08. The second kappa shape index (κ2) is 15.9. The van der Waals surface area contributed by atoms with Crippen molar-refractivity contribution in [2.75, 3.05) is 13.7 Å². The quantitative estimate of drug-likeness (QED) is 0.628. The molecule has 0 aliphatic rings. The summed E-state index contributed by atoms with van der Waals surface area (Å²) in [7, 11) is 1.74. The number of benzene rings is 1. The van der Waals surface area contributed by atoms with Gasteiger partial charge in [-0.3, -0.25) is 0 Å². The molecule has 0 aliphatic heterocycles. The summed E-state index contributed by atoms with van der Waals surface area (Å²) in [5.41, 5.74) is 2.59. The van der Waals surface area contributed by atoms with E-state index in [1.807, 2.05) is 27.7 Å². The number of hydrogen-bond acceptors (Lipinski definition) is 1. The molecule has 18 heavy (non-hydrogen) atoms. The van der Waals surface area contributed by atoms with Crippen molar-refractivity contribution in [3.05, 3.63) is 41.5 Å². The van der Waals surface area contributed by atoms with E-state index >= 15 is 0 Å². The van der Waals surface area contributed by atoms with Crippen molar-refractivity contribution in [2.45, 2.75) is 47.5 Å². The van der Waals surface area contributed by atoms with Crippen LogP contribution in [0.3, 0.4) is 0 Å². The van der Waals surface area contributed by atoms with Crippen LogP contribution in [0.1, 0.15) is 51.7 Å². The summed E-state index contributed by atoms with van der Waals surface area (Å²) < 4.78 is 4.98. The summed E-state index contributed by atoms with van der Waals surface area (Å²) in [5.74, 6) is 0. The first-order chi connectivity index (χ1) is 8.83. The number of ether oxygens (including phenoxy) is 1. The van der Waals surface area contributed by atoms with Gasteiger partial charge in [0.25, 0.3) is 0 Å². The molecule has 104 valence electrons. The highest BCUT2D eigenvalue weighted by Gasteiger charge is 1.87. The molecular weight excluding hydrogens is 220 g/mol. The van der Waals surface area contributed by atoms with Gasteiger partial charge in [-0.15, -0.1) is 0 Å². The zero-order valence-electron chi connectivity index (χ0n) is 13.0. The fraction of sp³-hybridized carbons (Fsp3) is 0.529. The van der Waals surface area contributed by atoms with E-state index in [1.165, 1.54) is 11.1 Å². The normalized spacial score (nSPS) is 9.22. The average Bonchev–Trinajstić information content (AvgIpc) is 2.43. The van der Waals surface area contributed by atoms with E-state index in [-0.39, 0.29) is 0 Å². The number of hydrogen-bond donors (Lipinski definition) is 0. The van der Waals surface area contributed by atoms with Gasteiger partial charge in [0.1, 0.15) is 0 Å². The molecule has 1 aromatic rings. The monoisotopic (exact) mass is 250 g/mol. The van der Waals surface area contributed by atoms with Crippen molar-refractivity contribution in [1.82, 2.24) is 0 Å². The lowest BCUT2D eigenvalue weighted by atomic mass is 10.1. The van der Waals surface area contributed by atoms with E-state index in [1.54, 1.807) is 7.11 Å². The predicted octanol–water partition coefficient (Wildman–Crippen LogP) is 5.49. The third-order valence-electron chi connectivity index (χ3n) is 2.07. The molecule has 0 fully saturated rings. The first kappa shape index (κ1) is 19.3. The first-order valence-electron chi connectivity index (χ1n) is 7.05. The van der Waals surface area contributed by atoms with E-state index < -0.39 is 0 Å². The Balaban J connectivity index is 0. The predicted molar refractivity (Wildman–Crippen MR) is 84.0 cm³/mol. The molecule has 1 heteroatoms. The lowest BCUT2D eigenvalue weighted by molar-refractivity contribution is 0.196. The maximum Gasteiger partial charge on any atom is 0.0465 e. The van der Waals surface area contributed by atoms with Gasteiger partial charge in [-0.25, -0.2) is 0 Å². The number of unbranched alkanes of at least 4 members (excludes halogenated alkanes) is 1. The fourth-order valence-electron chi connectivity index (χ4n) is 1.34. The van der Waals surface area contributed by atoms with Crippen LogP contribution in [-0.4, -0.2) is 13.7 Å². The summed E-state index contributed by atoms with van der Waals surface area (Å²) in [4.78, 5) is 0. The van der Waals surface area contributed by atoms with Crippen LogP contribution in [0.4, 0.5) is 0 Å². The highest BCUT2D eigenvalue weighted by molar-refractivity contribution is 5.49. The minimum atomic E-state index is 0.845. The second-order valence-corrected chi connectivity index (χ2v) is 3.45. The summed E-state index contributed by atoms with van der Waals surface area (Å²) >= 11 is 0. The van der Waals surface area contributed by atoms with Crippen molar-refractivity contribution in [1.29, 1.82) is 0 Å². The standard InChI is InChI=1S/C13H18O.2C2H6/c1-12-7-6-9-13(11-12)8-4-3-5-10-14-2;2*1-2/h4,6-9,11H,3,5,10H2,1-2H3;2*1-2H3/b8-4+;;. The molecule has 0 amide bonds. The Labute approximate surface area is 114 Å². The molecule has 0 saturated carbocycles. The zero-order valence-corrected chi connectivity index (χ0v) is 13.0. The van der Waals surface area contributed by atoms with Crippen LogP contribution in [0.5, 0.6) is 0 Å². The van der Waals surface area contributed by atoms with Gasteiger partial charge in [-0.05, 0) is 25.3 Å². The molecule has 1 rings (SSSR count). The minimum Gasteiger partial charge on any atom is -0.385 e. The minimum absolute atomic E-state index is 0.845. The molecule has 0 heterocycles. The Bertz CT molecular complexity index is 289. The van der Waals surface area contributed by atoms with Crippen molar-refractivity contribution < 1.29 is 4.74 Å². The number of allylic oxidation sites excluding steroid dienone is 1. The van der Waals surface area contributed by atoms with Gasteiger partial charge in [0.05, 0.1) is 0 Å². The molecule has 0 spiro atoms. The first-order valence-corrected chi connectivity index (χ1v) is 7.05. The summed E-state index contributed by atoms with van der Waals surface area (Å²) in [6.45, 7) is 11.0. The third-order valence-corrected chi connectivity index (χ3v) is 2.07. The summed E-state index contributed by atoms with van der Waals surface area (Å²) in [6.07, 6.45) is 6.55. The van der Waals surface area contributed by atoms with Crippen molar-refractivity contribution in [3.8, 4) is 0 Å². The molecule has 0 radical (unpaired) electrons. The van der Waals surface area contributed by atoms with Crippen LogP contribution in [0.25, 0.3) is 6.08 Å². The Kier molecular flexibility index (Phi) is 17.0. The maximum atomic E-state index is 4.98. The van der Waals surface area contributed by atoms with Crippen LogP contribution in [0.2, 0.25) is 0 Å².